The summed E-state index contributed by atoms with van der Waals surface area (Å²) in [5.74, 6) is -1.03. The van der Waals surface area contributed by atoms with Gasteiger partial charge in [0.05, 0.1) is 5.56 Å². The van der Waals surface area contributed by atoms with Gasteiger partial charge in [-0.05, 0) is 38.3 Å². The lowest BCUT2D eigenvalue weighted by Crippen LogP contribution is -2.38. The first-order valence-electron chi connectivity index (χ1n) is 8.52. The van der Waals surface area contributed by atoms with Crippen LogP contribution >= 0.6 is 0 Å². The van der Waals surface area contributed by atoms with E-state index in [2.05, 4.69) is 22.4 Å². The monoisotopic (exact) mass is 334 g/mol. The number of H-pyrrole nitrogens is 1. The van der Waals surface area contributed by atoms with Crippen LogP contribution in [-0.4, -0.2) is 22.7 Å². The minimum absolute atomic E-state index is 0.0674. The Kier molecular flexibility index (Phi) is 4.98. The Balaban J connectivity index is 1.66. The van der Waals surface area contributed by atoms with Crippen molar-refractivity contribution in [2.75, 3.05) is 0 Å². The van der Waals surface area contributed by atoms with Gasteiger partial charge in [0.1, 0.15) is 0 Å². The fraction of sp³-hybridized carbons (Fsp3) is 0.238. The maximum atomic E-state index is 12.6. The second-order valence-electron chi connectivity index (χ2n) is 6.40. The van der Waals surface area contributed by atoms with Gasteiger partial charge in [0.15, 0.2) is 0 Å². The second-order valence-corrected chi connectivity index (χ2v) is 6.40. The van der Waals surface area contributed by atoms with E-state index in [1.807, 2.05) is 56.3 Å². The number of ketones is 1. The molecule has 0 aliphatic rings. The maximum absolute atomic E-state index is 12.6. The fourth-order valence-electron chi connectivity index (χ4n) is 3.07. The molecule has 2 N–H and O–H groups in total. The molecule has 1 aromatic heterocycles. The number of aromatic amines is 1. The van der Waals surface area contributed by atoms with Crippen LogP contribution in [0.4, 0.5) is 0 Å². The van der Waals surface area contributed by atoms with Gasteiger partial charge in [-0.25, -0.2) is 0 Å². The van der Waals surface area contributed by atoms with Crippen LogP contribution in [0.2, 0.25) is 0 Å². The van der Waals surface area contributed by atoms with E-state index in [1.54, 1.807) is 0 Å². The fourth-order valence-corrected chi connectivity index (χ4v) is 3.07. The highest BCUT2D eigenvalue weighted by Gasteiger charge is 2.23. The van der Waals surface area contributed by atoms with Crippen LogP contribution in [0.3, 0.4) is 0 Å². The van der Waals surface area contributed by atoms with Crippen molar-refractivity contribution in [1.29, 1.82) is 0 Å². The molecule has 0 radical (unpaired) electrons. The molecule has 1 unspecified atom stereocenters. The molecule has 25 heavy (non-hydrogen) atoms. The molecule has 128 valence electrons. The third-order valence-electron chi connectivity index (χ3n) is 4.41. The molecule has 4 nitrogen and oxygen atoms in total. The lowest BCUT2D eigenvalue weighted by Gasteiger charge is -2.13. The molecule has 0 bridgehead atoms. The van der Waals surface area contributed by atoms with E-state index in [4.69, 9.17) is 0 Å². The van der Waals surface area contributed by atoms with E-state index in [0.717, 1.165) is 29.4 Å². The summed E-state index contributed by atoms with van der Waals surface area (Å²) in [5.41, 5.74) is 3.28. The number of rotatable bonds is 6. The van der Waals surface area contributed by atoms with Crippen molar-refractivity contribution in [3.05, 3.63) is 71.4 Å². The molecule has 0 saturated carbocycles. The Hall–Kier alpha value is -2.88. The summed E-state index contributed by atoms with van der Waals surface area (Å²) < 4.78 is 0. The smallest absolute Gasteiger partial charge is 0.292 e. The van der Waals surface area contributed by atoms with Gasteiger partial charge in [0.25, 0.3) is 11.7 Å². The van der Waals surface area contributed by atoms with Crippen molar-refractivity contribution in [1.82, 2.24) is 10.3 Å². The molecule has 0 saturated heterocycles. The zero-order valence-corrected chi connectivity index (χ0v) is 14.5. The zero-order chi connectivity index (χ0) is 17.8. The third kappa shape index (κ3) is 3.79. The number of benzene rings is 2. The lowest BCUT2D eigenvalue weighted by molar-refractivity contribution is -0.117. The number of aromatic nitrogens is 1. The number of amides is 1. The Morgan fingerprint density at radius 2 is 1.72 bits per heavy atom. The van der Waals surface area contributed by atoms with Crippen LogP contribution in [0.1, 0.15) is 35.0 Å². The first-order chi connectivity index (χ1) is 12.1. The normalized spacial score (nSPS) is 12.1. The van der Waals surface area contributed by atoms with Crippen molar-refractivity contribution < 1.29 is 9.59 Å². The van der Waals surface area contributed by atoms with Crippen LogP contribution < -0.4 is 5.32 Å². The number of hydrogen-bond acceptors (Lipinski definition) is 2. The first kappa shape index (κ1) is 17.0. The molecule has 4 heteroatoms. The molecule has 0 aliphatic carbocycles. The largest absolute Gasteiger partial charge is 0.358 e. The number of aryl methyl sites for hydroxylation is 2. The molecule has 3 rings (SSSR count). The van der Waals surface area contributed by atoms with E-state index in [0.29, 0.717) is 5.56 Å². The van der Waals surface area contributed by atoms with Crippen molar-refractivity contribution in [2.24, 2.45) is 0 Å². The van der Waals surface area contributed by atoms with Crippen LogP contribution in [0.15, 0.2) is 54.6 Å². The van der Waals surface area contributed by atoms with Gasteiger partial charge in [0, 0.05) is 22.6 Å². The van der Waals surface area contributed by atoms with E-state index in [9.17, 15) is 9.59 Å². The molecule has 2 aromatic carbocycles. The standard InChI is InChI=1S/C21H22N2O2/c1-14(12-13-16-8-4-3-5-9-16)22-21(25)20(24)19-15(2)23-18-11-7-6-10-17(18)19/h3-11,14,23H,12-13H2,1-2H3,(H,22,25). The first-order valence-corrected chi connectivity index (χ1v) is 8.52. The molecule has 0 fully saturated rings. The van der Waals surface area contributed by atoms with Crippen LogP contribution in [0.5, 0.6) is 0 Å². The highest BCUT2D eigenvalue weighted by atomic mass is 16.2. The van der Waals surface area contributed by atoms with Gasteiger partial charge in [-0.3, -0.25) is 9.59 Å². The summed E-state index contributed by atoms with van der Waals surface area (Å²) >= 11 is 0. The number of para-hydroxylation sites is 1. The van der Waals surface area contributed by atoms with Gasteiger partial charge in [-0.2, -0.15) is 0 Å². The molecule has 0 aliphatic heterocycles. The topological polar surface area (TPSA) is 62.0 Å². The number of fused-ring (bicyclic) bond motifs is 1. The molecule has 1 atom stereocenters. The summed E-state index contributed by atoms with van der Waals surface area (Å²) in [4.78, 5) is 28.2. The van der Waals surface area contributed by atoms with Gasteiger partial charge < -0.3 is 10.3 Å². The van der Waals surface area contributed by atoms with Gasteiger partial charge in [0.2, 0.25) is 0 Å². The number of Topliss-reactive ketones (excluding diaryl/α,β-unsaturated/α-hetero) is 1. The van der Waals surface area contributed by atoms with E-state index in [1.165, 1.54) is 5.56 Å². The quantitative estimate of drug-likeness (QED) is 0.532. The van der Waals surface area contributed by atoms with Crippen molar-refractivity contribution >= 4 is 22.6 Å². The summed E-state index contributed by atoms with van der Waals surface area (Å²) in [5, 5.41) is 3.62. The minimum Gasteiger partial charge on any atom is -0.358 e. The zero-order valence-electron chi connectivity index (χ0n) is 14.5. The van der Waals surface area contributed by atoms with Crippen molar-refractivity contribution in [3.8, 4) is 0 Å². The maximum Gasteiger partial charge on any atom is 0.292 e. The molecular weight excluding hydrogens is 312 g/mol. The summed E-state index contributed by atoms with van der Waals surface area (Å²) in [6, 6.07) is 17.6. The molecule has 0 spiro atoms. The minimum atomic E-state index is -0.548. The van der Waals surface area contributed by atoms with Crippen molar-refractivity contribution in [2.45, 2.75) is 32.7 Å². The Bertz CT molecular complexity index is 897. The predicted octanol–water partition coefficient (Wildman–Crippen LogP) is 3.80. The van der Waals surface area contributed by atoms with Gasteiger partial charge in [-0.1, -0.05) is 48.5 Å². The van der Waals surface area contributed by atoms with Crippen LogP contribution in [-0.2, 0) is 11.2 Å². The third-order valence-corrected chi connectivity index (χ3v) is 4.41. The van der Waals surface area contributed by atoms with Gasteiger partial charge in [-0.15, -0.1) is 0 Å². The highest BCUT2D eigenvalue weighted by molar-refractivity contribution is 6.45. The summed E-state index contributed by atoms with van der Waals surface area (Å²) in [7, 11) is 0. The average Bonchev–Trinajstić information content (AvgIpc) is 2.96. The summed E-state index contributed by atoms with van der Waals surface area (Å²) in [6.45, 7) is 3.75. The molecule has 1 amide bonds. The average molecular weight is 334 g/mol. The van der Waals surface area contributed by atoms with E-state index < -0.39 is 11.7 Å². The Morgan fingerprint density at radius 1 is 1.04 bits per heavy atom. The van der Waals surface area contributed by atoms with E-state index in [-0.39, 0.29) is 6.04 Å². The Morgan fingerprint density at radius 3 is 2.48 bits per heavy atom. The van der Waals surface area contributed by atoms with Crippen LogP contribution in [0, 0.1) is 6.92 Å². The predicted molar refractivity (Wildman–Crippen MR) is 99.7 cm³/mol. The molecule has 1 heterocycles. The van der Waals surface area contributed by atoms with Crippen molar-refractivity contribution in [3.63, 3.8) is 0 Å². The Labute approximate surface area is 147 Å². The highest BCUT2D eigenvalue weighted by Crippen LogP contribution is 2.22. The van der Waals surface area contributed by atoms with Gasteiger partial charge >= 0.3 is 0 Å². The number of carbonyl (C=O) groups excluding carboxylic acids is 2. The lowest BCUT2D eigenvalue weighted by atomic mass is 10.0. The number of carbonyl (C=O) groups is 2. The number of nitrogens with one attached hydrogen (secondary N) is 2. The molecule has 3 aromatic rings. The van der Waals surface area contributed by atoms with E-state index >= 15 is 0 Å². The number of hydrogen-bond donors (Lipinski definition) is 2. The summed E-state index contributed by atoms with van der Waals surface area (Å²) in [6.07, 6.45) is 1.65. The second kappa shape index (κ2) is 7.34. The SMILES string of the molecule is Cc1[nH]c2ccccc2c1C(=O)C(=O)NC(C)CCc1ccccc1. The molecular formula is C21H22N2O2. The van der Waals surface area contributed by atoms with Crippen LogP contribution in [0.25, 0.3) is 10.9 Å².